The largest absolute Gasteiger partial charge is 0.481 e. The SMILES string of the molecule is O=C(CC(C/C=C/c1ccc(N(Cc2ccccc2)c2ncccn2)cc1)C(=O)O)c1c(Cl)cccc1Cl. The van der Waals surface area contributed by atoms with E-state index < -0.39 is 17.7 Å². The topological polar surface area (TPSA) is 83.4 Å². The Bertz CT molecular complexity index is 1390. The van der Waals surface area contributed by atoms with Gasteiger partial charge in [-0.2, -0.15) is 0 Å². The van der Waals surface area contributed by atoms with Crippen LogP contribution in [0.1, 0.15) is 34.3 Å². The van der Waals surface area contributed by atoms with Gasteiger partial charge < -0.3 is 10.0 Å². The number of allylic oxidation sites excluding steroid dienone is 1. The van der Waals surface area contributed by atoms with Crippen LogP contribution >= 0.6 is 23.2 Å². The number of rotatable bonds is 11. The first-order valence-electron chi connectivity index (χ1n) is 12.0. The van der Waals surface area contributed by atoms with Crippen molar-refractivity contribution in [2.24, 2.45) is 5.92 Å². The van der Waals surface area contributed by atoms with Crippen LogP contribution in [0.25, 0.3) is 6.08 Å². The highest BCUT2D eigenvalue weighted by molar-refractivity contribution is 6.39. The van der Waals surface area contributed by atoms with Crippen LogP contribution in [-0.4, -0.2) is 26.8 Å². The molecule has 1 atom stereocenters. The molecule has 0 aliphatic rings. The number of carbonyl (C=O) groups excluding carboxylic acids is 1. The molecule has 0 fully saturated rings. The van der Waals surface area contributed by atoms with Gasteiger partial charge in [-0.05, 0) is 47.9 Å². The smallest absolute Gasteiger partial charge is 0.307 e. The number of nitrogens with zero attached hydrogens (tertiary/aromatic N) is 3. The highest BCUT2D eigenvalue weighted by Crippen LogP contribution is 2.28. The molecule has 192 valence electrons. The van der Waals surface area contributed by atoms with Gasteiger partial charge in [-0.25, -0.2) is 9.97 Å². The Hall–Kier alpha value is -4.00. The zero-order valence-electron chi connectivity index (χ0n) is 20.4. The van der Waals surface area contributed by atoms with Gasteiger partial charge in [0, 0.05) is 24.5 Å². The zero-order chi connectivity index (χ0) is 26.9. The van der Waals surface area contributed by atoms with Crippen LogP contribution in [0.15, 0.2) is 97.3 Å². The number of aromatic nitrogens is 2. The predicted molar refractivity (Wildman–Crippen MR) is 151 cm³/mol. The number of benzene rings is 3. The quantitative estimate of drug-likeness (QED) is 0.196. The van der Waals surface area contributed by atoms with Crippen LogP contribution in [0.4, 0.5) is 11.6 Å². The third-order valence-corrected chi connectivity index (χ3v) is 6.57. The van der Waals surface area contributed by atoms with Crippen molar-refractivity contribution in [2.75, 3.05) is 4.90 Å². The second kappa shape index (κ2) is 13.0. The molecule has 0 aliphatic heterocycles. The Kier molecular flexibility index (Phi) is 9.25. The van der Waals surface area contributed by atoms with Gasteiger partial charge in [-0.1, -0.05) is 83.9 Å². The number of carboxylic acid groups (broad SMARTS) is 1. The average Bonchev–Trinajstić information content (AvgIpc) is 2.92. The number of Topliss-reactive ketones (excluding diaryl/α,β-unsaturated/α-hetero) is 1. The van der Waals surface area contributed by atoms with Gasteiger partial charge in [-0.3, -0.25) is 9.59 Å². The molecule has 0 saturated heterocycles. The molecule has 6 nitrogen and oxygen atoms in total. The number of ketones is 1. The fourth-order valence-electron chi connectivity index (χ4n) is 3.97. The minimum absolute atomic E-state index is 0.157. The number of aliphatic carboxylic acids is 1. The van der Waals surface area contributed by atoms with Crippen LogP contribution in [0, 0.1) is 5.92 Å². The second-order valence-electron chi connectivity index (χ2n) is 8.61. The summed E-state index contributed by atoms with van der Waals surface area (Å²) < 4.78 is 0. The number of hydrogen-bond acceptors (Lipinski definition) is 5. The van der Waals surface area contributed by atoms with Gasteiger partial charge in [0.25, 0.3) is 0 Å². The van der Waals surface area contributed by atoms with E-state index in [2.05, 4.69) is 22.1 Å². The lowest BCUT2D eigenvalue weighted by molar-refractivity contribution is -0.141. The lowest BCUT2D eigenvalue weighted by Gasteiger charge is -2.23. The summed E-state index contributed by atoms with van der Waals surface area (Å²) in [4.78, 5) is 35.4. The lowest BCUT2D eigenvalue weighted by Crippen LogP contribution is -2.18. The third-order valence-electron chi connectivity index (χ3n) is 5.94. The van der Waals surface area contributed by atoms with Crippen molar-refractivity contribution in [3.8, 4) is 0 Å². The van der Waals surface area contributed by atoms with E-state index in [0.29, 0.717) is 12.5 Å². The summed E-state index contributed by atoms with van der Waals surface area (Å²) in [6.07, 6.45) is 7.00. The molecule has 0 spiro atoms. The van der Waals surface area contributed by atoms with Crippen molar-refractivity contribution in [1.82, 2.24) is 9.97 Å². The van der Waals surface area contributed by atoms with E-state index in [4.69, 9.17) is 23.2 Å². The van der Waals surface area contributed by atoms with Crippen molar-refractivity contribution in [3.63, 3.8) is 0 Å². The molecule has 0 amide bonds. The number of halogens is 2. The standard InChI is InChI=1S/C30H25Cl2N3O3/c31-25-11-5-12-26(32)28(25)27(36)19-23(29(37)38)10-4-9-21-13-15-24(16-14-21)35(30-33-17-6-18-34-30)20-22-7-2-1-3-8-22/h1-9,11-18,23H,10,19-20H2,(H,37,38)/b9-4+. The molecule has 1 N–H and O–H groups in total. The van der Waals surface area contributed by atoms with E-state index in [1.807, 2.05) is 53.4 Å². The molecule has 0 bridgehead atoms. The maximum absolute atomic E-state index is 12.7. The fourth-order valence-corrected chi connectivity index (χ4v) is 4.58. The molecule has 38 heavy (non-hydrogen) atoms. The van der Waals surface area contributed by atoms with Gasteiger partial charge in [-0.15, -0.1) is 0 Å². The predicted octanol–water partition coefficient (Wildman–Crippen LogP) is 7.50. The Morgan fingerprint density at radius 2 is 1.53 bits per heavy atom. The first kappa shape index (κ1) is 27.0. The molecule has 8 heteroatoms. The van der Waals surface area contributed by atoms with Crippen LogP contribution in [0.5, 0.6) is 0 Å². The third kappa shape index (κ3) is 7.06. The van der Waals surface area contributed by atoms with Crippen molar-refractivity contribution < 1.29 is 14.7 Å². The Labute approximate surface area is 231 Å². The first-order chi connectivity index (χ1) is 18.4. The summed E-state index contributed by atoms with van der Waals surface area (Å²) in [5.41, 5.74) is 3.09. The average molecular weight is 546 g/mol. The molecular formula is C30H25Cl2N3O3. The van der Waals surface area contributed by atoms with Gasteiger partial charge in [0.15, 0.2) is 5.78 Å². The van der Waals surface area contributed by atoms with Gasteiger partial charge in [0.2, 0.25) is 5.95 Å². The summed E-state index contributed by atoms with van der Waals surface area (Å²) in [7, 11) is 0. The Morgan fingerprint density at radius 1 is 0.868 bits per heavy atom. The number of carbonyl (C=O) groups is 2. The van der Waals surface area contributed by atoms with Crippen LogP contribution in [-0.2, 0) is 11.3 Å². The normalized spacial score (nSPS) is 11.8. The Balaban J connectivity index is 1.45. The van der Waals surface area contributed by atoms with Gasteiger partial charge in [0.05, 0.1) is 28.1 Å². The van der Waals surface area contributed by atoms with Crippen LogP contribution < -0.4 is 4.90 Å². The van der Waals surface area contributed by atoms with Crippen molar-refractivity contribution in [3.05, 3.63) is 124 Å². The van der Waals surface area contributed by atoms with E-state index in [-0.39, 0.29) is 28.5 Å². The van der Waals surface area contributed by atoms with E-state index in [1.54, 1.807) is 42.7 Å². The van der Waals surface area contributed by atoms with Gasteiger partial charge in [0.1, 0.15) is 0 Å². The van der Waals surface area contributed by atoms with Crippen molar-refractivity contribution >= 4 is 52.7 Å². The molecule has 4 rings (SSSR count). The van der Waals surface area contributed by atoms with Crippen LogP contribution in [0.2, 0.25) is 10.0 Å². The highest BCUT2D eigenvalue weighted by atomic mass is 35.5. The molecule has 1 aromatic heterocycles. The number of hydrogen-bond donors (Lipinski definition) is 1. The van der Waals surface area contributed by atoms with Gasteiger partial charge >= 0.3 is 5.97 Å². The summed E-state index contributed by atoms with van der Waals surface area (Å²) in [5.74, 6) is -1.76. The zero-order valence-corrected chi connectivity index (χ0v) is 21.9. The molecular weight excluding hydrogens is 521 g/mol. The Morgan fingerprint density at radius 3 is 2.16 bits per heavy atom. The van der Waals surface area contributed by atoms with E-state index in [9.17, 15) is 14.7 Å². The van der Waals surface area contributed by atoms with Crippen molar-refractivity contribution in [2.45, 2.75) is 19.4 Å². The molecule has 0 saturated carbocycles. The molecule has 4 aromatic rings. The molecule has 1 unspecified atom stereocenters. The van der Waals surface area contributed by atoms with Crippen LogP contribution in [0.3, 0.4) is 0 Å². The van der Waals surface area contributed by atoms with E-state index >= 15 is 0 Å². The first-order valence-corrected chi connectivity index (χ1v) is 12.7. The van der Waals surface area contributed by atoms with Crippen molar-refractivity contribution in [1.29, 1.82) is 0 Å². The molecule has 1 heterocycles. The number of anilines is 2. The fraction of sp³-hybridized carbons (Fsp3) is 0.133. The summed E-state index contributed by atoms with van der Waals surface area (Å²) in [5, 5.41) is 10.1. The monoisotopic (exact) mass is 545 g/mol. The summed E-state index contributed by atoms with van der Waals surface area (Å²) in [6, 6.07) is 24.4. The maximum atomic E-state index is 12.7. The minimum atomic E-state index is -1.05. The summed E-state index contributed by atoms with van der Waals surface area (Å²) >= 11 is 12.2. The minimum Gasteiger partial charge on any atom is -0.481 e. The second-order valence-corrected chi connectivity index (χ2v) is 9.42. The molecule has 0 radical (unpaired) electrons. The lowest BCUT2D eigenvalue weighted by atomic mass is 9.95. The molecule has 0 aliphatic carbocycles. The molecule has 3 aromatic carbocycles. The maximum Gasteiger partial charge on any atom is 0.307 e. The van der Waals surface area contributed by atoms with E-state index in [1.165, 1.54) is 0 Å². The highest BCUT2D eigenvalue weighted by Gasteiger charge is 2.23. The number of carboxylic acids is 1. The summed E-state index contributed by atoms with van der Waals surface area (Å²) in [6.45, 7) is 0.601. The van der Waals surface area contributed by atoms with E-state index in [0.717, 1.165) is 16.8 Å².